The second-order valence-corrected chi connectivity index (χ2v) is 12.4. The van der Waals surface area contributed by atoms with Crippen LogP contribution >= 0.6 is 0 Å². The van der Waals surface area contributed by atoms with Crippen molar-refractivity contribution in [2.75, 3.05) is 0 Å². The van der Waals surface area contributed by atoms with Crippen LogP contribution in [0, 0.1) is 5.41 Å². The third-order valence-corrected chi connectivity index (χ3v) is 4.70. The highest BCUT2D eigenvalue weighted by atomic mass is 28.3. The van der Waals surface area contributed by atoms with E-state index in [9.17, 15) is 0 Å². The summed E-state index contributed by atoms with van der Waals surface area (Å²) in [5, 5.41) is 0. The lowest BCUT2D eigenvalue weighted by Crippen LogP contribution is -2.25. The molecule has 82 valence electrons. The highest BCUT2D eigenvalue weighted by Crippen LogP contribution is 2.41. The van der Waals surface area contributed by atoms with Crippen LogP contribution < -0.4 is 0 Å². The fourth-order valence-corrected chi connectivity index (χ4v) is 4.08. The molecule has 0 bridgehead atoms. The Balaban J connectivity index is 2.75. The van der Waals surface area contributed by atoms with E-state index in [1.807, 2.05) is 0 Å². The van der Waals surface area contributed by atoms with Gasteiger partial charge in [-0.15, -0.1) is 0 Å². The van der Waals surface area contributed by atoms with Gasteiger partial charge in [-0.2, -0.15) is 0 Å². The molecule has 0 amide bonds. The number of hydrogen-bond donors (Lipinski definition) is 0. The van der Waals surface area contributed by atoms with Crippen LogP contribution in [0.2, 0.25) is 25.7 Å². The van der Waals surface area contributed by atoms with Gasteiger partial charge in [0.25, 0.3) is 0 Å². The van der Waals surface area contributed by atoms with Crippen LogP contribution in [0.5, 0.6) is 0 Å². The van der Waals surface area contributed by atoms with Crippen LogP contribution in [0.4, 0.5) is 0 Å². The lowest BCUT2D eigenvalue weighted by Gasteiger charge is -2.34. The van der Waals surface area contributed by atoms with Gasteiger partial charge < -0.3 is 0 Å². The predicted molar refractivity (Wildman–Crippen MR) is 68.5 cm³/mol. The first kappa shape index (κ1) is 12.0. The maximum Gasteiger partial charge on any atom is 0.0483 e. The van der Waals surface area contributed by atoms with Gasteiger partial charge >= 0.3 is 0 Å². The zero-order valence-corrected chi connectivity index (χ0v) is 11.8. The van der Waals surface area contributed by atoms with Gasteiger partial charge in [0, 0.05) is 8.07 Å². The van der Waals surface area contributed by atoms with E-state index in [1.165, 1.54) is 25.3 Å². The van der Waals surface area contributed by atoms with Crippen molar-refractivity contribution in [3.05, 3.63) is 11.1 Å². The number of rotatable bonds is 2. The third-order valence-electron chi connectivity index (χ3n) is 3.22. The molecule has 0 N–H and O–H groups in total. The quantitative estimate of drug-likeness (QED) is 0.451. The van der Waals surface area contributed by atoms with Crippen LogP contribution in [-0.2, 0) is 0 Å². The van der Waals surface area contributed by atoms with E-state index in [0.717, 1.165) is 0 Å². The van der Waals surface area contributed by atoms with Gasteiger partial charge in [-0.3, -0.25) is 0 Å². The highest BCUT2D eigenvalue weighted by molar-refractivity contribution is 6.76. The Labute approximate surface area is 90.8 Å². The molecule has 1 aliphatic carbocycles. The summed E-state index contributed by atoms with van der Waals surface area (Å²) >= 11 is 0. The molecule has 0 heterocycles. The van der Waals surface area contributed by atoms with E-state index in [0.29, 0.717) is 5.41 Å². The Hall–Kier alpha value is -0.0431. The predicted octanol–water partition coefficient (Wildman–Crippen LogP) is 4.85. The Morgan fingerprint density at radius 3 is 2.29 bits per heavy atom. The zero-order valence-electron chi connectivity index (χ0n) is 10.8. The average molecular weight is 210 g/mol. The topological polar surface area (TPSA) is 0 Å². The summed E-state index contributed by atoms with van der Waals surface area (Å²) in [7, 11) is -0.907. The van der Waals surface area contributed by atoms with Gasteiger partial charge in [-0.1, -0.05) is 44.6 Å². The van der Waals surface area contributed by atoms with E-state index in [2.05, 4.69) is 40.4 Å². The summed E-state index contributed by atoms with van der Waals surface area (Å²) in [6.07, 6.45) is 4.07. The first-order valence-corrected chi connectivity index (χ1v) is 9.58. The van der Waals surface area contributed by atoms with Gasteiger partial charge in [0.1, 0.15) is 0 Å². The first-order chi connectivity index (χ1) is 6.20. The van der Waals surface area contributed by atoms with Crippen molar-refractivity contribution in [1.29, 1.82) is 0 Å². The summed E-state index contributed by atoms with van der Waals surface area (Å²) < 4.78 is 0. The normalized spacial score (nSPS) is 22.7. The van der Waals surface area contributed by atoms with Gasteiger partial charge in [0.15, 0.2) is 0 Å². The maximum absolute atomic E-state index is 2.48. The minimum absolute atomic E-state index is 0.564. The number of allylic oxidation sites excluding steroid dienone is 2. The van der Waals surface area contributed by atoms with Crippen molar-refractivity contribution < 1.29 is 0 Å². The van der Waals surface area contributed by atoms with Crippen molar-refractivity contribution in [3.63, 3.8) is 0 Å². The molecule has 0 unspecified atom stereocenters. The minimum Gasteiger partial charge on any atom is -0.0744 e. The largest absolute Gasteiger partial charge is 0.0744 e. The Kier molecular flexibility index (Phi) is 3.30. The molecule has 1 rings (SSSR count). The maximum atomic E-state index is 2.48. The standard InChI is InChI=1S/C13H26Si/c1-11-7-8-13(2,3)9-12(11)10-14(4,5)6/h7-10H2,1-6H3. The Morgan fingerprint density at radius 1 is 1.21 bits per heavy atom. The molecule has 0 fully saturated rings. The van der Waals surface area contributed by atoms with E-state index in [4.69, 9.17) is 0 Å². The lowest BCUT2D eigenvalue weighted by atomic mass is 9.75. The van der Waals surface area contributed by atoms with Crippen molar-refractivity contribution in [1.82, 2.24) is 0 Å². The van der Waals surface area contributed by atoms with E-state index in [-0.39, 0.29) is 0 Å². The van der Waals surface area contributed by atoms with Crippen LogP contribution in [0.3, 0.4) is 0 Å². The smallest absolute Gasteiger partial charge is 0.0483 e. The molecule has 0 saturated heterocycles. The minimum atomic E-state index is -0.907. The summed E-state index contributed by atoms with van der Waals surface area (Å²) in [5.41, 5.74) is 4.06. The van der Waals surface area contributed by atoms with E-state index in [1.54, 1.807) is 11.1 Å². The Morgan fingerprint density at radius 2 is 1.79 bits per heavy atom. The second-order valence-electron chi connectivity index (χ2n) is 6.96. The van der Waals surface area contributed by atoms with Crippen LogP contribution in [-0.4, -0.2) is 8.07 Å². The molecule has 0 saturated carbocycles. The monoisotopic (exact) mass is 210 g/mol. The van der Waals surface area contributed by atoms with Crippen LogP contribution in [0.25, 0.3) is 0 Å². The molecule has 0 atom stereocenters. The first-order valence-electron chi connectivity index (χ1n) is 5.87. The summed E-state index contributed by atoms with van der Waals surface area (Å²) in [4.78, 5) is 0. The molecule has 0 aromatic rings. The second kappa shape index (κ2) is 3.84. The molecule has 0 aromatic heterocycles. The van der Waals surface area contributed by atoms with E-state index < -0.39 is 8.07 Å². The van der Waals surface area contributed by atoms with Gasteiger partial charge in [-0.05, 0) is 37.6 Å². The van der Waals surface area contributed by atoms with E-state index >= 15 is 0 Å². The molecule has 0 nitrogen and oxygen atoms in total. The average Bonchev–Trinajstić information content (AvgIpc) is 1.93. The van der Waals surface area contributed by atoms with Gasteiger partial charge in [-0.25, -0.2) is 0 Å². The van der Waals surface area contributed by atoms with Gasteiger partial charge in [0.05, 0.1) is 0 Å². The fraction of sp³-hybridized carbons (Fsp3) is 0.846. The summed E-state index contributed by atoms with van der Waals surface area (Å²) in [5.74, 6) is 0. The molecule has 0 aliphatic heterocycles. The SMILES string of the molecule is CC1=C(C[Si](C)(C)C)CC(C)(C)CC1. The number of hydrogen-bond acceptors (Lipinski definition) is 0. The zero-order chi connectivity index (χ0) is 11.0. The molecule has 0 spiro atoms. The lowest BCUT2D eigenvalue weighted by molar-refractivity contribution is 0.313. The van der Waals surface area contributed by atoms with Crippen LogP contribution in [0.15, 0.2) is 11.1 Å². The molecule has 0 aromatic carbocycles. The third kappa shape index (κ3) is 3.60. The van der Waals surface area contributed by atoms with Crippen LogP contribution in [0.1, 0.15) is 40.0 Å². The molecular weight excluding hydrogens is 184 g/mol. The van der Waals surface area contributed by atoms with Gasteiger partial charge in [0.2, 0.25) is 0 Å². The van der Waals surface area contributed by atoms with Crippen molar-refractivity contribution in [3.8, 4) is 0 Å². The molecule has 1 heteroatoms. The Bertz CT molecular complexity index is 240. The summed E-state index contributed by atoms with van der Waals surface area (Å²) in [6.45, 7) is 14.6. The summed E-state index contributed by atoms with van der Waals surface area (Å²) in [6, 6.07) is 1.42. The van der Waals surface area contributed by atoms with Crippen molar-refractivity contribution in [2.24, 2.45) is 5.41 Å². The molecule has 1 aliphatic rings. The van der Waals surface area contributed by atoms with Crippen molar-refractivity contribution >= 4 is 8.07 Å². The fourth-order valence-electron chi connectivity index (χ4n) is 2.37. The highest BCUT2D eigenvalue weighted by Gasteiger charge is 2.27. The molecule has 0 radical (unpaired) electrons. The van der Waals surface area contributed by atoms with Crippen molar-refractivity contribution in [2.45, 2.75) is 65.7 Å². The molecule has 14 heavy (non-hydrogen) atoms. The molecular formula is C13H26Si.